The number of hydrogen-bond donors (Lipinski definition) is 0. The monoisotopic (exact) mass is 733 g/mol. The fraction of sp³-hybridized carbons (Fsp3) is 0. The van der Waals surface area contributed by atoms with E-state index in [1.807, 2.05) is 59.9 Å². The minimum atomic E-state index is 0.597. The minimum absolute atomic E-state index is 0.597. The van der Waals surface area contributed by atoms with Crippen molar-refractivity contribution in [3.05, 3.63) is 188 Å². The van der Waals surface area contributed by atoms with Crippen molar-refractivity contribution in [1.82, 2.24) is 15.0 Å². The van der Waals surface area contributed by atoms with Crippen LogP contribution in [0.25, 0.3) is 110 Å². The third-order valence-electron chi connectivity index (χ3n) is 10.6. The molecule has 262 valence electrons. The topological polar surface area (TPSA) is 51.8 Å². The van der Waals surface area contributed by atoms with Crippen LogP contribution in [-0.2, 0) is 0 Å². The van der Waals surface area contributed by atoms with Crippen molar-refractivity contribution in [2.75, 3.05) is 0 Å². The lowest BCUT2D eigenvalue weighted by molar-refractivity contribution is 0.670. The van der Waals surface area contributed by atoms with Crippen molar-refractivity contribution in [1.29, 1.82) is 0 Å². The van der Waals surface area contributed by atoms with Crippen LogP contribution in [0, 0.1) is 0 Å². The van der Waals surface area contributed by atoms with Gasteiger partial charge in [-0.1, -0.05) is 182 Å². The standard InChI is InChI=1S/C51H31N3OS/c1-4-14-32(15-5-1)33-28-30-36(31-29-33)50-52-49(35-18-8-3-9-19-35)53-51(54-50)43-26-13-27-44-45(43)42-25-11-21-38(46(42)55-44)39-22-12-24-41-40-23-10-20-37(47(40)56-48(39)41)34-16-6-2-7-17-34/h1-31H. The third-order valence-corrected chi connectivity index (χ3v) is 11.9. The number of thiophene rings is 1. The molecule has 0 saturated carbocycles. The van der Waals surface area contributed by atoms with E-state index in [9.17, 15) is 0 Å². The van der Waals surface area contributed by atoms with Gasteiger partial charge in [-0.25, -0.2) is 15.0 Å². The average Bonchev–Trinajstić information content (AvgIpc) is 3.86. The maximum Gasteiger partial charge on any atom is 0.164 e. The molecule has 8 aromatic carbocycles. The van der Waals surface area contributed by atoms with Crippen molar-refractivity contribution < 1.29 is 4.42 Å². The van der Waals surface area contributed by atoms with Gasteiger partial charge in [0.15, 0.2) is 17.5 Å². The Labute approximate surface area is 327 Å². The Morgan fingerprint density at radius 1 is 0.321 bits per heavy atom. The van der Waals surface area contributed by atoms with Gasteiger partial charge in [0.2, 0.25) is 0 Å². The molecule has 0 aliphatic rings. The Kier molecular flexibility index (Phi) is 7.64. The van der Waals surface area contributed by atoms with Gasteiger partial charge < -0.3 is 4.42 Å². The molecule has 0 spiro atoms. The molecule has 0 aliphatic carbocycles. The highest BCUT2D eigenvalue weighted by Crippen LogP contribution is 2.46. The number of nitrogens with zero attached hydrogens (tertiary/aromatic N) is 3. The van der Waals surface area contributed by atoms with Gasteiger partial charge >= 0.3 is 0 Å². The summed E-state index contributed by atoms with van der Waals surface area (Å²) < 4.78 is 9.36. The summed E-state index contributed by atoms with van der Waals surface area (Å²) in [7, 11) is 0. The van der Waals surface area contributed by atoms with Gasteiger partial charge in [-0.05, 0) is 28.3 Å². The number of rotatable bonds is 6. The van der Waals surface area contributed by atoms with Crippen LogP contribution in [0.2, 0.25) is 0 Å². The van der Waals surface area contributed by atoms with Crippen LogP contribution in [-0.4, -0.2) is 15.0 Å². The Morgan fingerprint density at radius 3 is 1.46 bits per heavy atom. The van der Waals surface area contributed by atoms with Gasteiger partial charge in [0.1, 0.15) is 11.2 Å². The molecule has 3 aromatic heterocycles. The number of para-hydroxylation sites is 1. The average molecular weight is 734 g/mol. The van der Waals surface area contributed by atoms with Crippen molar-refractivity contribution in [2.45, 2.75) is 0 Å². The number of benzene rings is 8. The smallest absolute Gasteiger partial charge is 0.164 e. The first kappa shape index (κ1) is 32.2. The highest BCUT2D eigenvalue weighted by Gasteiger charge is 2.21. The first-order valence-electron chi connectivity index (χ1n) is 18.7. The van der Waals surface area contributed by atoms with E-state index >= 15 is 0 Å². The lowest BCUT2D eigenvalue weighted by Crippen LogP contribution is -2.00. The van der Waals surface area contributed by atoms with E-state index < -0.39 is 0 Å². The van der Waals surface area contributed by atoms with Gasteiger partial charge in [0.25, 0.3) is 0 Å². The van der Waals surface area contributed by atoms with Crippen molar-refractivity contribution in [3.63, 3.8) is 0 Å². The number of aromatic nitrogens is 3. The summed E-state index contributed by atoms with van der Waals surface area (Å²) in [4.78, 5) is 15.3. The molecule has 0 N–H and O–H groups in total. The molecule has 0 unspecified atom stereocenters. The largest absolute Gasteiger partial charge is 0.455 e. The number of hydrogen-bond acceptors (Lipinski definition) is 5. The first-order valence-corrected chi connectivity index (χ1v) is 19.5. The highest BCUT2D eigenvalue weighted by atomic mass is 32.1. The normalized spacial score (nSPS) is 11.6. The molecule has 0 saturated heterocycles. The third kappa shape index (κ3) is 5.40. The van der Waals surface area contributed by atoms with Crippen LogP contribution in [0.3, 0.4) is 0 Å². The second kappa shape index (κ2) is 13.3. The van der Waals surface area contributed by atoms with E-state index in [2.05, 4.69) is 140 Å². The second-order valence-electron chi connectivity index (χ2n) is 13.9. The van der Waals surface area contributed by atoms with Crippen LogP contribution < -0.4 is 0 Å². The minimum Gasteiger partial charge on any atom is -0.455 e. The molecule has 0 atom stereocenters. The van der Waals surface area contributed by atoms with E-state index in [4.69, 9.17) is 19.4 Å². The first-order chi connectivity index (χ1) is 27.8. The van der Waals surface area contributed by atoms with E-state index in [-0.39, 0.29) is 0 Å². The predicted molar refractivity (Wildman–Crippen MR) is 233 cm³/mol. The Hall–Kier alpha value is -7.21. The van der Waals surface area contributed by atoms with Gasteiger partial charge in [-0.3, -0.25) is 0 Å². The fourth-order valence-electron chi connectivity index (χ4n) is 7.91. The van der Waals surface area contributed by atoms with Gasteiger partial charge in [0.05, 0.1) is 0 Å². The molecular formula is C51H31N3OS. The summed E-state index contributed by atoms with van der Waals surface area (Å²) in [6, 6.07) is 65.5. The van der Waals surface area contributed by atoms with E-state index in [1.54, 1.807) is 0 Å². The van der Waals surface area contributed by atoms with Gasteiger partial charge in [-0.2, -0.15) is 0 Å². The molecular weight excluding hydrogens is 703 g/mol. The molecule has 11 rings (SSSR count). The summed E-state index contributed by atoms with van der Waals surface area (Å²) in [6.07, 6.45) is 0. The zero-order valence-electron chi connectivity index (χ0n) is 30.1. The van der Waals surface area contributed by atoms with E-state index in [0.29, 0.717) is 17.5 Å². The lowest BCUT2D eigenvalue weighted by atomic mass is 9.98. The van der Waals surface area contributed by atoms with E-state index in [1.165, 1.54) is 36.9 Å². The maximum absolute atomic E-state index is 6.83. The summed E-state index contributed by atoms with van der Waals surface area (Å²) in [6.45, 7) is 0. The van der Waals surface area contributed by atoms with Crippen LogP contribution >= 0.6 is 11.3 Å². The Balaban J connectivity index is 1.09. The van der Waals surface area contributed by atoms with Crippen LogP contribution in [0.4, 0.5) is 0 Å². The summed E-state index contributed by atoms with van der Waals surface area (Å²) >= 11 is 1.85. The number of fused-ring (bicyclic) bond motifs is 6. The molecule has 56 heavy (non-hydrogen) atoms. The lowest BCUT2D eigenvalue weighted by Gasteiger charge is -2.10. The van der Waals surface area contributed by atoms with E-state index in [0.717, 1.165) is 55.3 Å². The molecule has 4 nitrogen and oxygen atoms in total. The molecule has 0 aliphatic heterocycles. The number of furan rings is 1. The van der Waals surface area contributed by atoms with Crippen molar-refractivity contribution in [3.8, 4) is 67.5 Å². The fourth-order valence-corrected chi connectivity index (χ4v) is 9.27. The zero-order chi connectivity index (χ0) is 37.0. The van der Waals surface area contributed by atoms with Crippen LogP contribution in [0.5, 0.6) is 0 Å². The SMILES string of the molecule is c1ccc(-c2ccc(-c3nc(-c4ccccc4)nc(-c4cccc5oc6c(-c7cccc8c7sc7c(-c9ccccc9)cccc78)cccc6c45)n3)cc2)cc1. The highest BCUT2D eigenvalue weighted by molar-refractivity contribution is 7.26. The quantitative estimate of drug-likeness (QED) is 0.171. The second-order valence-corrected chi connectivity index (χ2v) is 14.9. The van der Waals surface area contributed by atoms with Crippen LogP contribution in [0.1, 0.15) is 0 Å². The van der Waals surface area contributed by atoms with Crippen molar-refractivity contribution in [2.24, 2.45) is 0 Å². The van der Waals surface area contributed by atoms with Crippen LogP contribution in [0.15, 0.2) is 192 Å². The van der Waals surface area contributed by atoms with Crippen molar-refractivity contribution >= 4 is 53.4 Å². The molecule has 5 heteroatoms. The zero-order valence-corrected chi connectivity index (χ0v) is 30.9. The predicted octanol–water partition coefficient (Wildman–Crippen LogP) is 14.1. The molecule has 0 bridgehead atoms. The Bertz CT molecular complexity index is 3230. The molecule has 11 aromatic rings. The molecule has 0 fully saturated rings. The summed E-state index contributed by atoms with van der Waals surface area (Å²) in [5, 5.41) is 4.51. The molecule has 0 amide bonds. The summed E-state index contributed by atoms with van der Waals surface area (Å²) in [5.41, 5.74) is 11.4. The van der Waals surface area contributed by atoms with Gasteiger partial charge in [-0.15, -0.1) is 11.3 Å². The molecule has 0 radical (unpaired) electrons. The maximum atomic E-state index is 6.83. The molecule has 3 heterocycles. The van der Waals surface area contributed by atoms with Gasteiger partial charge in [0, 0.05) is 58.8 Å². The Morgan fingerprint density at radius 2 is 0.786 bits per heavy atom. The summed E-state index contributed by atoms with van der Waals surface area (Å²) in [5.74, 6) is 1.83.